The normalized spacial score (nSPS) is 19.0. The van der Waals surface area contributed by atoms with Crippen molar-refractivity contribution in [1.82, 2.24) is 20.1 Å². The summed E-state index contributed by atoms with van der Waals surface area (Å²) in [5, 5.41) is 9.72. The third-order valence-electron chi connectivity index (χ3n) is 4.14. The molecule has 0 aliphatic carbocycles. The van der Waals surface area contributed by atoms with Crippen LogP contribution in [0.2, 0.25) is 0 Å². The Hall–Kier alpha value is -2.21. The minimum absolute atomic E-state index is 0.0207. The molecule has 1 aliphatic rings. The average Bonchev–Trinajstić information content (AvgIpc) is 3.09. The van der Waals surface area contributed by atoms with Gasteiger partial charge in [0.25, 0.3) is 0 Å². The number of hydrogen-bond donors (Lipinski definition) is 2. The molecule has 2 heterocycles. The van der Waals surface area contributed by atoms with Crippen LogP contribution in [0.1, 0.15) is 26.2 Å². The second-order valence-corrected chi connectivity index (χ2v) is 5.54. The number of amides is 1. The van der Waals surface area contributed by atoms with Gasteiger partial charge in [-0.3, -0.25) is 14.8 Å². The molecular formula is C16H21N5O. The van der Waals surface area contributed by atoms with E-state index in [0.29, 0.717) is 5.82 Å². The summed E-state index contributed by atoms with van der Waals surface area (Å²) in [6, 6.07) is 7.64. The molecule has 6 nitrogen and oxygen atoms in total. The molecule has 6 heteroatoms. The Morgan fingerprint density at radius 1 is 1.45 bits per heavy atom. The fourth-order valence-corrected chi connectivity index (χ4v) is 2.98. The lowest BCUT2D eigenvalue weighted by Gasteiger charge is -2.33. The van der Waals surface area contributed by atoms with Gasteiger partial charge in [0, 0.05) is 11.3 Å². The van der Waals surface area contributed by atoms with Crippen molar-refractivity contribution in [1.29, 1.82) is 0 Å². The van der Waals surface area contributed by atoms with Gasteiger partial charge >= 0.3 is 0 Å². The lowest BCUT2D eigenvalue weighted by Crippen LogP contribution is -2.46. The first-order chi connectivity index (χ1) is 10.8. The zero-order valence-corrected chi connectivity index (χ0v) is 12.7. The molecule has 1 atom stereocenters. The van der Waals surface area contributed by atoms with E-state index in [0.717, 1.165) is 37.2 Å². The molecule has 0 radical (unpaired) electrons. The molecule has 0 bridgehead atoms. The molecule has 1 aliphatic heterocycles. The summed E-state index contributed by atoms with van der Waals surface area (Å²) in [6.45, 7) is 4.03. The number of carbonyl (C=O) groups excluding carboxylic acids is 1. The molecule has 116 valence electrons. The highest BCUT2D eigenvalue weighted by atomic mass is 16.2. The average molecular weight is 299 g/mol. The Labute approximate surface area is 129 Å². The molecule has 1 aromatic carbocycles. The van der Waals surface area contributed by atoms with Gasteiger partial charge in [0.15, 0.2) is 5.82 Å². The molecule has 1 aromatic heterocycles. The van der Waals surface area contributed by atoms with E-state index in [1.165, 1.54) is 12.7 Å². The molecular weight excluding hydrogens is 278 g/mol. The van der Waals surface area contributed by atoms with E-state index < -0.39 is 0 Å². The molecule has 1 saturated heterocycles. The number of aromatic amines is 1. The summed E-state index contributed by atoms with van der Waals surface area (Å²) in [6.07, 6.45) is 4.70. The lowest BCUT2D eigenvalue weighted by atomic mass is 10.0. The summed E-state index contributed by atoms with van der Waals surface area (Å²) in [5.41, 5.74) is 1.70. The van der Waals surface area contributed by atoms with Crippen molar-refractivity contribution >= 4 is 11.6 Å². The Bertz CT molecular complexity index is 625. The molecule has 0 saturated carbocycles. The highest BCUT2D eigenvalue weighted by Crippen LogP contribution is 2.21. The van der Waals surface area contributed by atoms with Crippen LogP contribution in [-0.2, 0) is 4.79 Å². The van der Waals surface area contributed by atoms with Crippen molar-refractivity contribution in [3.05, 3.63) is 30.6 Å². The standard InChI is InChI=1S/C16H21N5O/c1-2-21-9-4-3-8-14(21)16(22)19-13-7-5-6-12(10-13)15-17-11-18-20-15/h5-7,10-11,14H,2-4,8-9H2,1H3,(H,19,22)(H,17,18,20). The van der Waals surface area contributed by atoms with Crippen molar-refractivity contribution in [2.24, 2.45) is 0 Å². The smallest absolute Gasteiger partial charge is 0.241 e. The van der Waals surface area contributed by atoms with E-state index in [9.17, 15) is 4.79 Å². The molecule has 3 rings (SSSR count). The number of aromatic nitrogens is 3. The van der Waals surface area contributed by atoms with Crippen molar-refractivity contribution in [2.75, 3.05) is 18.4 Å². The first kappa shape index (κ1) is 14.7. The number of H-pyrrole nitrogens is 1. The maximum atomic E-state index is 12.5. The number of rotatable bonds is 4. The van der Waals surface area contributed by atoms with Crippen LogP contribution in [0.15, 0.2) is 30.6 Å². The largest absolute Gasteiger partial charge is 0.325 e. The molecule has 22 heavy (non-hydrogen) atoms. The van der Waals surface area contributed by atoms with Gasteiger partial charge < -0.3 is 5.32 Å². The van der Waals surface area contributed by atoms with E-state index in [1.807, 2.05) is 24.3 Å². The van der Waals surface area contributed by atoms with E-state index in [-0.39, 0.29) is 11.9 Å². The minimum Gasteiger partial charge on any atom is -0.325 e. The highest BCUT2D eigenvalue weighted by molar-refractivity contribution is 5.95. The molecule has 1 amide bonds. The number of carbonyl (C=O) groups is 1. The quantitative estimate of drug-likeness (QED) is 0.908. The van der Waals surface area contributed by atoms with Crippen molar-refractivity contribution in [3.8, 4) is 11.4 Å². The maximum absolute atomic E-state index is 12.5. The van der Waals surface area contributed by atoms with Crippen LogP contribution in [0.3, 0.4) is 0 Å². The Balaban J connectivity index is 1.72. The topological polar surface area (TPSA) is 73.9 Å². The van der Waals surface area contributed by atoms with Crippen LogP contribution in [0.4, 0.5) is 5.69 Å². The second kappa shape index (κ2) is 6.70. The molecule has 2 N–H and O–H groups in total. The monoisotopic (exact) mass is 299 g/mol. The van der Waals surface area contributed by atoms with Gasteiger partial charge in [0.1, 0.15) is 6.33 Å². The predicted octanol–water partition coefficient (Wildman–Crippen LogP) is 2.28. The van der Waals surface area contributed by atoms with E-state index >= 15 is 0 Å². The van der Waals surface area contributed by atoms with Crippen molar-refractivity contribution in [2.45, 2.75) is 32.2 Å². The van der Waals surface area contributed by atoms with Crippen LogP contribution in [0, 0.1) is 0 Å². The summed E-state index contributed by atoms with van der Waals surface area (Å²) < 4.78 is 0. The number of piperidine rings is 1. The molecule has 0 spiro atoms. The Morgan fingerprint density at radius 3 is 3.14 bits per heavy atom. The number of anilines is 1. The van der Waals surface area contributed by atoms with Gasteiger partial charge in [-0.1, -0.05) is 25.5 Å². The summed E-state index contributed by atoms with van der Waals surface area (Å²) in [4.78, 5) is 18.9. The van der Waals surface area contributed by atoms with Gasteiger partial charge in [-0.25, -0.2) is 4.98 Å². The molecule has 1 unspecified atom stereocenters. The van der Waals surface area contributed by atoms with Gasteiger partial charge in [0.05, 0.1) is 6.04 Å². The Morgan fingerprint density at radius 2 is 2.36 bits per heavy atom. The van der Waals surface area contributed by atoms with Crippen LogP contribution < -0.4 is 5.32 Å². The van der Waals surface area contributed by atoms with Crippen LogP contribution >= 0.6 is 0 Å². The number of benzene rings is 1. The Kier molecular flexibility index (Phi) is 4.48. The van der Waals surface area contributed by atoms with E-state index in [4.69, 9.17) is 0 Å². The van der Waals surface area contributed by atoms with Crippen LogP contribution in [-0.4, -0.2) is 45.1 Å². The number of likely N-dealkylation sites (tertiary alicyclic amines) is 1. The lowest BCUT2D eigenvalue weighted by molar-refractivity contribution is -0.122. The molecule has 2 aromatic rings. The molecule has 1 fully saturated rings. The number of hydrogen-bond acceptors (Lipinski definition) is 4. The van der Waals surface area contributed by atoms with Gasteiger partial charge in [0.2, 0.25) is 5.91 Å². The van der Waals surface area contributed by atoms with E-state index in [1.54, 1.807) is 0 Å². The number of likely N-dealkylation sites (N-methyl/N-ethyl adjacent to an activating group) is 1. The minimum atomic E-state index is -0.0207. The first-order valence-electron chi connectivity index (χ1n) is 7.78. The third kappa shape index (κ3) is 3.17. The second-order valence-electron chi connectivity index (χ2n) is 5.54. The third-order valence-corrected chi connectivity index (χ3v) is 4.14. The van der Waals surface area contributed by atoms with Crippen molar-refractivity contribution < 1.29 is 4.79 Å². The predicted molar refractivity (Wildman–Crippen MR) is 85.3 cm³/mol. The number of nitrogens with one attached hydrogen (secondary N) is 2. The van der Waals surface area contributed by atoms with Gasteiger partial charge in [-0.05, 0) is 38.1 Å². The van der Waals surface area contributed by atoms with Crippen LogP contribution in [0.5, 0.6) is 0 Å². The van der Waals surface area contributed by atoms with Gasteiger partial charge in [-0.15, -0.1) is 0 Å². The zero-order chi connectivity index (χ0) is 15.4. The summed E-state index contributed by atoms with van der Waals surface area (Å²) in [7, 11) is 0. The van der Waals surface area contributed by atoms with E-state index in [2.05, 4.69) is 32.3 Å². The summed E-state index contributed by atoms with van der Waals surface area (Å²) in [5.74, 6) is 0.778. The fourth-order valence-electron chi connectivity index (χ4n) is 2.98. The highest BCUT2D eigenvalue weighted by Gasteiger charge is 2.27. The summed E-state index contributed by atoms with van der Waals surface area (Å²) >= 11 is 0. The SMILES string of the molecule is CCN1CCCCC1C(=O)Nc1cccc(-c2ncn[nH]2)c1. The van der Waals surface area contributed by atoms with Crippen LogP contribution in [0.25, 0.3) is 11.4 Å². The maximum Gasteiger partial charge on any atom is 0.241 e. The first-order valence-corrected chi connectivity index (χ1v) is 7.78. The zero-order valence-electron chi connectivity index (χ0n) is 12.7. The fraction of sp³-hybridized carbons (Fsp3) is 0.438. The van der Waals surface area contributed by atoms with Gasteiger partial charge in [-0.2, -0.15) is 5.10 Å². The van der Waals surface area contributed by atoms with Crippen molar-refractivity contribution in [3.63, 3.8) is 0 Å². The number of nitrogens with zero attached hydrogens (tertiary/aromatic N) is 3.